The number of hydrogen-bond acceptors (Lipinski definition) is 3. The van der Waals surface area contributed by atoms with Gasteiger partial charge in [0.15, 0.2) is 23.0 Å². The molecule has 0 aliphatic carbocycles. The third kappa shape index (κ3) is 3.28. The van der Waals surface area contributed by atoms with Crippen LogP contribution in [0.25, 0.3) is 17.1 Å². The Labute approximate surface area is 183 Å². The fourth-order valence-electron chi connectivity index (χ4n) is 4.11. The van der Waals surface area contributed by atoms with Crippen LogP contribution in [0.4, 0.5) is 0 Å². The first-order valence-corrected chi connectivity index (χ1v) is 10.8. The Bertz CT molecular complexity index is 1240. The van der Waals surface area contributed by atoms with Crippen molar-refractivity contribution >= 4 is 0 Å². The minimum Gasteiger partial charge on any atom is -0.449 e. The van der Waals surface area contributed by atoms with Gasteiger partial charge in [0.25, 0.3) is 0 Å². The summed E-state index contributed by atoms with van der Waals surface area (Å²) < 4.78 is 15.1. The average Bonchev–Trinajstić information content (AvgIpc) is 3.26. The minimum absolute atomic E-state index is 0.296. The summed E-state index contributed by atoms with van der Waals surface area (Å²) in [6, 6.07) is 20.3. The molecule has 0 fully saturated rings. The van der Waals surface area contributed by atoms with E-state index in [-0.39, 0.29) is 0 Å². The van der Waals surface area contributed by atoms with E-state index in [1.54, 1.807) is 0 Å². The second-order valence-corrected chi connectivity index (χ2v) is 8.51. The molecule has 0 saturated carbocycles. The molecule has 0 radical (unpaired) electrons. The first-order valence-electron chi connectivity index (χ1n) is 10.8. The number of aromatic nitrogens is 2. The molecule has 4 nitrogen and oxygen atoms in total. The van der Waals surface area contributed by atoms with E-state index in [9.17, 15) is 0 Å². The first kappa shape index (κ1) is 19.4. The summed E-state index contributed by atoms with van der Waals surface area (Å²) in [4.78, 5) is 4.68. The van der Waals surface area contributed by atoms with Gasteiger partial charge in [0, 0.05) is 23.5 Å². The normalized spacial score (nSPS) is 12.3. The van der Waals surface area contributed by atoms with E-state index in [1.165, 1.54) is 5.56 Å². The number of hydrogen-bond donors (Lipinski definition) is 0. The van der Waals surface area contributed by atoms with E-state index in [2.05, 4.69) is 55.4 Å². The maximum absolute atomic E-state index is 6.53. The first-order chi connectivity index (χ1) is 15.0. The lowest BCUT2D eigenvalue weighted by Crippen LogP contribution is -2.11. The summed E-state index contributed by atoms with van der Waals surface area (Å²) in [5, 5.41) is 0. The summed E-state index contributed by atoms with van der Waals surface area (Å²) in [6.45, 7) is 8.81. The number of benzene rings is 3. The van der Waals surface area contributed by atoms with Crippen LogP contribution in [0, 0.1) is 0 Å². The number of nitrogens with zero attached hydrogens (tertiary/aromatic N) is 2. The van der Waals surface area contributed by atoms with E-state index in [1.807, 2.05) is 54.9 Å². The van der Waals surface area contributed by atoms with Crippen molar-refractivity contribution in [1.82, 2.24) is 9.55 Å². The highest BCUT2D eigenvalue weighted by molar-refractivity contribution is 5.72. The number of fused-ring (bicyclic) bond motifs is 2. The van der Waals surface area contributed by atoms with Crippen LogP contribution >= 0.6 is 0 Å². The van der Waals surface area contributed by atoms with Crippen molar-refractivity contribution in [2.24, 2.45) is 0 Å². The smallest absolute Gasteiger partial charge is 0.194 e. The molecule has 4 aromatic rings. The zero-order chi connectivity index (χ0) is 21.5. The van der Waals surface area contributed by atoms with Gasteiger partial charge >= 0.3 is 0 Å². The molecule has 1 aromatic heterocycles. The number of ether oxygens (including phenoxy) is 2. The number of rotatable bonds is 4. The highest BCUT2D eigenvalue weighted by Crippen LogP contribution is 2.53. The van der Waals surface area contributed by atoms with Crippen LogP contribution in [-0.4, -0.2) is 9.55 Å². The van der Waals surface area contributed by atoms with Crippen molar-refractivity contribution in [3.05, 3.63) is 84.2 Å². The summed E-state index contributed by atoms with van der Waals surface area (Å²) in [5.74, 6) is 4.49. The molecule has 156 valence electrons. The average molecular weight is 411 g/mol. The van der Waals surface area contributed by atoms with Crippen molar-refractivity contribution in [3.8, 4) is 40.1 Å². The van der Waals surface area contributed by atoms with Crippen LogP contribution < -0.4 is 9.47 Å². The van der Waals surface area contributed by atoms with Crippen LogP contribution in [0.15, 0.2) is 73.1 Å². The van der Waals surface area contributed by atoms with Crippen LogP contribution in [-0.2, 0) is 0 Å². The molecule has 4 heteroatoms. The van der Waals surface area contributed by atoms with Gasteiger partial charge in [-0.25, -0.2) is 4.98 Å². The van der Waals surface area contributed by atoms with Gasteiger partial charge in [-0.15, -0.1) is 0 Å². The van der Waals surface area contributed by atoms with Gasteiger partial charge in [-0.3, -0.25) is 4.57 Å². The Morgan fingerprint density at radius 1 is 0.742 bits per heavy atom. The highest BCUT2D eigenvalue weighted by Gasteiger charge is 2.30. The van der Waals surface area contributed by atoms with Crippen LogP contribution in [0.3, 0.4) is 0 Å². The molecule has 2 heterocycles. The Hall–Kier alpha value is -3.53. The number of para-hydroxylation sites is 2. The molecule has 0 amide bonds. The largest absolute Gasteiger partial charge is 0.449 e. The molecule has 0 atom stereocenters. The Morgan fingerprint density at radius 2 is 1.35 bits per heavy atom. The van der Waals surface area contributed by atoms with Crippen molar-refractivity contribution in [1.29, 1.82) is 0 Å². The van der Waals surface area contributed by atoms with Crippen LogP contribution in [0.2, 0.25) is 0 Å². The lowest BCUT2D eigenvalue weighted by molar-refractivity contribution is 0.353. The van der Waals surface area contributed by atoms with E-state index in [4.69, 9.17) is 9.47 Å². The van der Waals surface area contributed by atoms with Crippen molar-refractivity contribution in [2.45, 2.75) is 39.5 Å². The third-order valence-electron chi connectivity index (χ3n) is 5.70. The zero-order valence-corrected chi connectivity index (χ0v) is 18.3. The van der Waals surface area contributed by atoms with E-state index >= 15 is 0 Å². The fraction of sp³-hybridized carbons (Fsp3) is 0.222. The van der Waals surface area contributed by atoms with Gasteiger partial charge in [0.1, 0.15) is 5.82 Å². The Balaban J connectivity index is 1.81. The molecule has 31 heavy (non-hydrogen) atoms. The van der Waals surface area contributed by atoms with Gasteiger partial charge in [-0.2, -0.15) is 0 Å². The summed E-state index contributed by atoms with van der Waals surface area (Å²) in [6.07, 6.45) is 3.84. The molecule has 5 rings (SSSR count). The third-order valence-corrected chi connectivity index (χ3v) is 5.70. The molecule has 0 unspecified atom stereocenters. The maximum atomic E-state index is 6.53. The molecule has 0 saturated heterocycles. The van der Waals surface area contributed by atoms with Gasteiger partial charge in [0.2, 0.25) is 0 Å². The molecule has 0 spiro atoms. The minimum atomic E-state index is 0.296. The van der Waals surface area contributed by atoms with Crippen molar-refractivity contribution < 1.29 is 9.47 Å². The van der Waals surface area contributed by atoms with E-state index in [0.717, 1.165) is 45.6 Å². The molecule has 3 aromatic carbocycles. The second kappa shape index (κ2) is 7.62. The molecule has 1 aliphatic rings. The molecule has 0 bridgehead atoms. The van der Waals surface area contributed by atoms with Crippen molar-refractivity contribution in [3.63, 3.8) is 0 Å². The van der Waals surface area contributed by atoms with E-state index in [0.29, 0.717) is 11.8 Å². The predicted molar refractivity (Wildman–Crippen MR) is 124 cm³/mol. The van der Waals surface area contributed by atoms with Gasteiger partial charge in [-0.05, 0) is 35.6 Å². The SMILES string of the molecule is CC(C)c1cc(C(C)C)c(-n2ccnc2-c2ccccc2)c2c1Oc1ccccc1O2. The summed E-state index contributed by atoms with van der Waals surface area (Å²) in [7, 11) is 0. The molecular formula is C27H26N2O2. The zero-order valence-electron chi connectivity index (χ0n) is 18.3. The highest BCUT2D eigenvalue weighted by atomic mass is 16.6. The van der Waals surface area contributed by atoms with Crippen LogP contribution in [0.1, 0.15) is 50.7 Å². The Kier molecular flexibility index (Phi) is 4.78. The van der Waals surface area contributed by atoms with E-state index < -0.39 is 0 Å². The second-order valence-electron chi connectivity index (χ2n) is 8.51. The van der Waals surface area contributed by atoms with Crippen LogP contribution in [0.5, 0.6) is 23.0 Å². The predicted octanol–water partition coefficient (Wildman–Crippen LogP) is 7.68. The number of imidazole rings is 1. The quantitative estimate of drug-likeness (QED) is 0.305. The van der Waals surface area contributed by atoms with Gasteiger partial charge in [0.05, 0.1) is 5.69 Å². The summed E-state index contributed by atoms with van der Waals surface area (Å²) >= 11 is 0. The molecule has 1 aliphatic heterocycles. The lowest BCUT2D eigenvalue weighted by atomic mass is 9.91. The lowest BCUT2D eigenvalue weighted by Gasteiger charge is -2.29. The van der Waals surface area contributed by atoms with Crippen molar-refractivity contribution in [2.75, 3.05) is 0 Å². The molecule has 0 N–H and O–H groups in total. The van der Waals surface area contributed by atoms with Gasteiger partial charge in [-0.1, -0.05) is 70.2 Å². The summed E-state index contributed by atoms with van der Waals surface area (Å²) in [5.41, 5.74) is 4.40. The monoisotopic (exact) mass is 410 g/mol. The topological polar surface area (TPSA) is 36.3 Å². The fourth-order valence-corrected chi connectivity index (χ4v) is 4.11. The Morgan fingerprint density at radius 3 is 2.00 bits per heavy atom. The standard InChI is InChI=1S/C27H26N2O2/c1-17(2)20-16-21(18(3)4)25-26(31-23-13-9-8-12-22(23)30-25)24(20)29-15-14-28-27(29)19-10-6-5-7-11-19/h5-18H,1-4H3. The molecular weight excluding hydrogens is 384 g/mol. The van der Waals surface area contributed by atoms with Gasteiger partial charge < -0.3 is 9.47 Å². The maximum Gasteiger partial charge on any atom is 0.194 e.